The fraction of sp³-hybridized carbons (Fsp3) is 1.00. The lowest BCUT2D eigenvalue weighted by Crippen LogP contribution is -2.74. The molecule has 6 fully saturated rings. The minimum absolute atomic E-state index is 0.199. The molecule has 0 amide bonds. The van der Waals surface area contributed by atoms with E-state index in [0.717, 1.165) is 96.3 Å². The first kappa shape index (κ1) is 35.5. The molecule has 260 valence electrons. The van der Waals surface area contributed by atoms with Gasteiger partial charge < -0.3 is 42.7 Å². The molecule has 15 heteroatoms. The second-order valence-corrected chi connectivity index (χ2v) is 29.8. The quantitative estimate of drug-likeness (QED) is 0.116. The largest absolute Gasteiger partial charge is 0.489 e. The summed E-state index contributed by atoms with van der Waals surface area (Å²) in [6.07, 6.45) is 14.6. The zero-order valence-electron chi connectivity index (χ0n) is 28.6. The molecule has 6 aliphatic rings. The van der Waals surface area contributed by atoms with E-state index in [2.05, 4.69) is 34.6 Å². The van der Waals surface area contributed by atoms with E-state index in [-0.39, 0.29) is 27.7 Å². The summed E-state index contributed by atoms with van der Waals surface area (Å²) in [6, 6.07) is 0. The molecule has 0 bridgehead atoms. The summed E-state index contributed by atoms with van der Waals surface area (Å²) in [7, 11) is -17.2. The predicted octanol–water partition coefficient (Wildman–Crippen LogP) is 7.73. The lowest BCUT2D eigenvalue weighted by Gasteiger charge is -2.50. The van der Waals surface area contributed by atoms with Crippen molar-refractivity contribution < 1.29 is 42.7 Å². The molecule has 0 radical (unpaired) electrons. The smallest absolute Gasteiger partial charge is 0.374 e. The molecule has 0 N–H and O–H groups in total. The van der Waals surface area contributed by atoms with Gasteiger partial charge in [0.25, 0.3) is 0 Å². The highest BCUT2D eigenvalue weighted by Crippen LogP contribution is 2.62. The summed E-state index contributed by atoms with van der Waals surface area (Å²) in [6.45, 7) is 13.6. The minimum atomic E-state index is -3.44. The van der Waals surface area contributed by atoms with Crippen LogP contribution in [0, 0.1) is 0 Å². The van der Waals surface area contributed by atoms with Crippen LogP contribution in [0.4, 0.5) is 0 Å². The van der Waals surface area contributed by atoms with E-state index in [9.17, 15) is 0 Å². The molecule has 1 heterocycles. The maximum atomic E-state index is 7.62. The van der Waals surface area contributed by atoms with Crippen LogP contribution in [0.1, 0.15) is 131 Å². The van der Waals surface area contributed by atoms with E-state index in [4.69, 9.17) is 42.7 Å². The lowest BCUT2D eigenvalue weighted by atomic mass is 10.5. The molecule has 5 saturated carbocycles. The molecular formula is C30H60O10Si5. The van der Waals surface area contributed by atoms with Crippen LogP contribution in [0.25, 0.3) is 0 Å². The van der Waals surface area contributed by atoms with Crippen LogP contribution in [0.3, 0.4) is 0 Å². The summed E-state index contributed by atoms with van der Waals surface area (Å²) < 4.78 is 73.1. The molecule has 10 nitrogen and oxygen atoms in total. The summed E-state index contributed by atoms with van der Waals surface area (Å²) >= 11 is 0. The SMILES string of the molecule is CCCO[Si]1(C2CC2)O[Si](OCCC)(C2CC2)O[Si](OCCC)(C2CC2)O[Si](OCCC)(C2CC2)O[Si](OCCC)(C2CC2)O1. The first-order chi connectivity index (χ1) is 21.9. The van der Waals surface area contributed by atoms with E-state index in [0.29, 0.717) is 33.0 Å². The van der Waals surface area contributed by atoms with Gasteiger partial charge in [-0.25, -0.2) is 0 Å². The molecule has 0 aromatic carbocycles. The highest BCUT2D eigenvalue weighted by Gasteiger charge is 2.78. The fourth-order valence-electron chi connectivity index (χ4n) is 6.22. The van der Waals surface area contributed by atoms with Gasteiger partial charge in [0, 0.05) is 60.7 Å². The monoisotopic (exact) mass is 720 g/mol. The van der Waals surface area contributed by atoms with Gasteiger partial charge in [0.05, 0.1) is 0 Å². The van der Waals surface area contributed by atoms with Gasteiger partial charge in [-0.05, 0) is 96.3 Å². The van der Waals surface area contributed by atoms with Gasteiger partial charge in [-0.15, -0.1) is 0 Å². The Kier molecular flexibility index (Phi) is 11.7. The number of hydrogen-bond acceptors (Lipinski definition) is 10. The van der Waals surface area contributed by atoms with Crippen LogP contribution < -0.4 is 0 Å². The van der Waals surface area contributed by atoms with Crippen LogP contribution in [-0.4, -0.2) is 77.1 Å². The molecule has 0 unspecified atom stereocenters. The van der Waals surface area contributed by atoms with Crippen LogP contribution >= 0.6 is 0 Å². The second kappa shape index (κ2) is 14.9. The summed E-state index contributed by atoms with van der Waals surface area (Å²) in [5.41, 5.74) is 0.997. The minimum Gasteiger partial charge on any atom is -0.374 e. The van der Waals surface area contributed by atoms with Crippen molar-refractivity contribution >= 4 is 44.0 Å². The Bertz CT molecular complexity index is 775. The summed E-state index contributed by atoms with van der Waals surface area (Å²) in [5.74, 6) is 0. The fourth-order valence-corrected chi connectivity index (χ4v) is 33.9. The molecule has 6 rings (SSSR count). The van der Waals surface area contributed by atoms with Gasteiger partial charge >= 0.3 is 44.0 Å². The predicted molar refractivity (Wildman–Crippen MR) is 180 cm³/mol. The molecule has 0 aromatic heterocycles. The third-order valence-electron chi connectivity index (χ3n) is 9.35. The van der Waals surface area contributed by atoms with Crippen molar-refractivity contribution in [1.29, 1.82) is 0 Å². The molecule has 1 aliphatic heterocycles. The third-order valence-corrected chi connectivity index (χ3v) is 31.6. The lowest BCUT2D eigenvalue weighted by molar-refractivity contribution is 0.01000. The highest BCUT2D eigenvalue weighted by atomic mass is 28.6. The summed E-state index contributed by atoms with van der Waals surface area (Å²) in [5, 5.41) is 0. The second-order valence-electron chi connectivity index (χ2n) is 14.1. The Morgan fingerprint density at radius 2 is 0.489 bits per heavy atom. The van der Waals surface area contributed by atoms with Crippen molar-refractivity contribution in [2.45, 2.75) is 159 Å². The summed E-state index contributed by atoms with van der Waals surface area (Å²) in [4.78, 5) is 0. The van der Waals surface area contributed by atoms with E-state index >= 15 is 0 Å². The molecule has 5 aliphatic carbocycles. The Morgan fingerprint density at radius 3 is 0.600 bits per heavy atom. The normalized spacial score (nSPS) is 39.7. The highest BCUT2D eigenvalue weighted by molar-refractivity contribution is 6.91. The van der Waals surface area contributed by atoms with Crippen molar-refractivity contribution in [2.75, 3.05) is 33.0 Å². The Balaban J connectivity index is 1.55. The van der Waals surface area contributed by atoms with Crippen LogP contribution in [0.2, 0.25) is 27.7 Å². The van der Waals surface area contributed by atoms with Crippen molar-refractivity contribution in [2.24, 2.45) is 0 Å². The van der Waals surface area contributed by atoms with Crippen molar-refractivity contribution in [3.8, 4) is 0 Å². The molecule has 1 saturated heterocycles. The van der Waals surface area contributed by atoms with Crippen LogP contribution in [-0.2, 0) is 42.7 Å². The van der Waals surface area contributed by atoms with Crippen molar-refractivity contribution in [1.82, 2.24) is 0 Å². The van der Waals surface area contributed by atoms with Gasteiger partial charge in [0.1, 0.15) is 0 Å². The van der Waals surface area contributed by atoms with Gasteiger partial charge in [0.15, 0.2) is 0 Å². The molecule has 0 spiro atoms. The average molecular weight is 721 g/mol. The Labute approximate surface area is 277 Å². The molecule has 0 aromatic rings. The van der Waals surface area contributed by atoms with E-state index in [1.165, 1.54) is 0 Å². The number of rotatable bonds is 20. The first-order valence-electron chi connectivity index (χ1n) is 18.6. The Hall–Kier alpha value is 0.684. The first-order valence-corrected chi connectivity index (χ1v) is 27.6. The van der Waals surface area contributed by atoms with Gasteiger partial charge in [-0.2, -0.15) is 0 Å². The zero-order valence-corrected chi connectivity index (χ0v) is 33.6. The maximum Gasteiger partial charge on any atom is 0.489 e. The van der Waals surface area contributed by atoms with Gasteiger partial charge in [-0.3, -0.25) is 0 Å². The number of hydrogen-bond donors (Lipinski definition) is 0. The van der Waals surface area contributed by atoms with Crippen molar-refractivity contribution in [3.63, 3.8) is 0 Å². The molecule has 0 atom stereocenters. The third kappa shape index (κ3) is 8.03. The average Bonchev–Trinajstić information content (AvgIpc) is 3.84. The molecular weight excluding hydrogens is 661 g/mol. The maximum absolute atomic E-state index is 7.62. The standard InChI is InChI=1S/C30H60O10Si5/c1-6-21-31-41(26-11-12-26)36-42(27-13-14-27,32-22-7-2)38-44(29-17-18-29,34-24-9-4)40-45(30-19-20-30,35-25-10-5)39-43(37-41,28-15-16-28)33-23-8-3/h26-30H,6-25H2,1-5H3. The van der Waals surface area contributed by atoms with Crippen LogP contribution in [0.15, 0.2) is 0 Å². The van der Waals surface area contributed by atoms with Gasteiger partial charge in [-0.1, -0.05) is 34.6 Å². The zero-order chi connectivity index (χ0) is 31.6. The van der Waals surface area contributed by atoms with E-state index in [1.807, 2.05) is 0 Å². The van der Waals surface area contributed by atoms with Crippen LogP contribution in [0.5, 0.6) is 0 Å². The van der Waals surface area contributed by atoms with E-state index < -0.39 is 44.0 Å². The van der Waals surface area contributed by atoms with E-state index in [1.54, 1.807) is 0 Å². The topological polar surface area (TPSA) is 92.3 Å². The Morgan fingerprint density at radius 1 is 0.333 bits per heavy atom. The van der Waals surface area contributed by atoms with Crippen molar-refractivity contribution in [3.05, 3.63) is 0 Å². The molecule has 45 heavy (non-hydrogen) atoms. The van der Waals surface area contributed by atoms with Gasteiger partial charge in [0.2, 0.25) is 0 Å².